The van der Waals surface area contributed by atoms with Crippen LogP contribution in [-0.4, -0.2) is 55.6 Å². The van der Waals surface area contributed by atoms with Crippen molar-refractivity contribution in [3.63, 3.8) is 0 Å². The van der Waals surface area contributed by atoms with Crippen LogP contribution in [0.2, 0.25) is 0 Å². The maximum absolute atomic E-state index is 9.05. The highest BCUT2D eigenvalue weighted by atomic mass is 32.2. The summed E-state index contributed by atoms with van der Waals surface area (Å²) in [5.74, 6) is 4.84. The van der Waals surface area contributed by atoms with Gasteiger partial charge in [0.1, 0.15) is 0 Å². The highest BCUT2D eigenvalue weighted by Gasteiger charge is 2.18. The molecule has 0 aliphatic carbocycles. The van der Waals surface area contributed by atoms with E-state index in [4.69, 9.17) is 10.2 Å². The lowest BCUT2D eigenvalue weighted by molar-refractivity contribution is 0.339. The third-order valence-electron chi connectivity index (χ3n) is 2.92. The van der Waals surface area contributed by atoms with Crippen molar-refractivity contribution >= 4 is 70.6 Å². The molecule has 0 aromatic carbocycles. The molecule has 126 valence electrons. The van der Waals surface area contributed by atoms with E-state index in [-0.39, 0.29) is 13.2 Å². The van der Waals surface area contributed by atoms with Crippen LogP contribution in [0.3, 0.4) is 0 Å². The molecule has 0 bridgehead atoms. The Morgan fingerprint density at radius 3 is 1.64 bits per heavy atom. The van der Waals surface area contributed by atoms with Crippen LogP contribution in [0.15, 0.2) is 20.6 Å². The van der Waals surface area contributed by atoms with Gasteiger partial charge >= 0.3 is 0 Å². The van der Waals surface area contributed by atoms with Gasteiger partial charge in [0.05, 0.1) is 22.4 Å². The van der Waals surface area contributed by atoms with E-state index in [9.17, 15) is 0 Å². The second-order valence-electron chi connectivity index (χ2n) is 4.71. The van der Waals surface area contributed by atoms with Crippen molar-refractivity contribution in [1.29, 1.82) is 0 Å². The zero-order chi connectivity index (χ0) is 15.6. The monoisotopic (exact) mass is 414 g/mol. The van der Waals surface area contributed by atoms with E-state index >= 15 is 0 Å². The van der Waals surface area contributed by atoms with Crippen LogP contribution in [0, 0.1) is 0 Å². The summed E-state index contributed by atoms with van der Waals surface area (Å²) < 4.78 is 1.21. The molecule has 2 aliphatic rings. The molecular weight excluding hydrogens is 393 g/mol. The van der Waals surface area contributed by atoms with E-state index in [1.807, 2.05) is 70.6 Å². The second kappa shape index (κ2) is 12.0. The Kier molecular flexibility index (Phi) is 10.8. The summed E-state index contributed by atoms with van der Waals surface area (Å²) in [7, 11) is 0. The van der Waals surface area contributed by atoms with Crippen LogP contribution in [0.5, 0.6) is 0 Å². The molecule has 0 fully saturated rings. The Morgan fingerprint density at radius 2 is 1.27 bits per heavy atom. The summed E-state index contributed by atoms with van der Waals surface area (Å²) in [6.07, 6.45) is 2.59. The fourth-order valence-corrected chi connectivity index (χ4v) is 9.56. The van der Waals surface area contributed by atoms with Crippen LogP contribution < -0.4 is 0 Å². The summed E-state index contributed by atoms with van der Waals surface area (Å²) in [5.41, 5.74) is 0. The SMILES string of the molecule is OCC1=CSC(CSCCCCSCC2SC=C(CO)S2)S1. The minimum Gasteiger partial charge on any atom is -0.391 e. The number of aliphatic hydroxyl groups is 2. The van der Waals surface area contributed by atoms with Gasteiger partial charge in [-0.25, -0.2) is 0 Å². The van der Waals surface area contributed by atoms with Gasteiger partial charge in [-0.05, 0) is 35.2 Å². The average molecular weight is 415 g/mol. The van der Waals surface area contributed by atoms with E-state index < -0.39 is 0 Å². The fourth-order valence-electron chi connectivity index (χ4n) is 1.82. The van der Waals surface area contributed by atoms with Gasteiger partial charge in [-0.1, -0.05) is 0 Å². The van der Waals surface area contributed by atoms with Crippen molar-refractivity contribution in [1.82, 2.24) is 0 Å². The standard InChI is InChI=1S/C14H22O2S6/c15-5-11-7-19-13(21-11)9-17-3-1-2-4-18-10-14-20-8-12(6-16)22-14/h7-8,13-16H,1-6,9-10H2. The van der Waals surface area contributed by atoms with Crippen LogP contribution in [0.4, 0.5) is 0 Å². The predicted octanol–water partition coefficient (Wildman–Crippen LogP) is 4.51. The normalized spacial score (nSPS) is 24.6. The first-order valence-electron chi connectivity index (χ1n) is 7.21. The summed E-state index contributed by atoms with van der Waals surface area (Å²) in [6, 6.07) is 0. The van der Waals surface area contributed by atoms with Gasteiger partial charge < -0.3 is 10.2 Å². The lowest BCUT2D eigenvalue weighted by Gasteiger charge is -2.09. The van der Waals surface area contributed by atoms with Gasteiger partial charge in [-0.15, -0.1) is 47.0 Å². The van der Waals surface area contributed by atoms with Gasteiger partial charge in [0.15, 0.2) is 0 Å². The first-order valence-corrected chi connectivity index (χ1v) is 13.2. The Bertz CT molecular complexity index is 352. The smallest absolute Gasteiger partial charge is 0.0746 e. The third kappa shape index (κ3) is 7.59. The number of thioether (sulfide) groups is 6. The largest absolute Gasteiger partial charge is 0.391 e. The molecule has 2 atom stereocenters. The molecule has 0 radical (unpaired) electrons. The van der Waals surface area contributed by atoms with E-state index in [0.29, 0.717) is 9.16 Å². The van der Waals surface area contributed by atoms with Gasteiger partial charge in [-0.2, -0.15) is 23.5 Å². The quantitative estimate of drug-likeness (QED) is 0.479. The van der Waals surface area contributed by atoms with Crippen LogP contribution in [0.1, 0.15) is 12.8 Å². The van der Waals surface area contributed by atoms with Crippen LogP contribution >= 0.6 is 70.6 Å². The molecule has 2 rings (SSSR count). The Labute approximate surface area is 158 Å². The fraction of sp³-hybridized carbons (Fsp3) is 0.714. The molecule has 22 heavy (non-hydrogen) atoms. The first kappa shape index (κ1) is 19.8. The van der Waals surface area contributed by atoms with E-state index in [0.717, 1.165) is 9.81 Å². The number of hydrogen-bond donors (Lipinski definition) is 2. The zero-order valence-electron chi connectivity index (χ0n) is 12.3. The van der Waals surface area contributed by atoms with Crippen LogP contribution in [0.25, 0.3) is 0 Å². The van der Waals surface area contributed by atoms with Gasteiger partial charge in [0, 0.05) is 21.3 Å². The van der Waals surface area contributed by atoms with Gasteiger partial charge in [0.25, 0.3) is 0 Å². The second-order valence-corrected chi connectivity index (χ2v) is 12.4. The number of rotatable bonds is 11. The Morgan fingerprint density at radius 1 is 0.818 bits per heavy atom. The highest BCUT2D eigenvalue weighted by molar-refractivity contribution is 8.24. The Balaban J connectivity index is 1.35. The first-order chi connectivity index (χ1) is 10.8. The van der Waals surface area contributed by atoms with Gasteiger partial charge in [0.2, 0.25) is 0 Å². The van der Waals surface area contributed by atoms with Crippen molar-refractivity contribution in [2.45, 2.75) is 22.0 Å². The van der Waals surface area contributed by atoms with E-state index in [1.54, 1.807) is 0 Å². The lowest BCUT2D eigenvalue weighted by atomic mass is 10.4. The van der Waals surface area contributed by atoms with Crippen molar-refractivity contribution in [3.05, 3.63) is 20.6 Å². The summed E-state index contributed by atoms with van der Waals surface area (Å²) in [5, 5.41) is 22.3. The Hall–Kier alpha value is 1.50. The summed E-state index contributed by atoms with van der Waals surface area (Å²) >= 11 is 11.4. The molecule has 0 aromatic rings. The number of aliphatic hydroxyl groups excluding tert-OH is 2. The predicted molar refractivity (Wildman–Crippen MR) is 112 cm³/mol. The molecule has 2 N–H and O–H groups in total. The van der Waals surface area contributed by atoms with Crippen molar-refractivity contribution < 1.29 is 10.2 Å². The number of hydrogen-bond acceptors (Lipinski definition) is 8. The molecule has 0 aromatic heterocycles. The lowest BCUT2D eigenvalue weighted by Crippen LogP contribution is -1.99. The number of unbranched alkanes of at least 4 members (excludes halogenated alkanes) is 1. The van der Waals surface area contributed by atoms with Crippen molar-refractivity contribution in [3.8, 4) is 0 Å². The van der Waals surface area contributed by atoms with E-state index in [2.05, 4.69) is 10.8 Å². The molecule has 2 heterocycles. The molecule has 8 heteroatoms. The molecule has 0 saturated heterocycles. The third-order valence-corrected chi connectivity index (χ3v) is 11.3. The minimum atomic E-state index is 0.197. The molecule has 2 nitrogen and oxygen atoms in total. The van der Waals surface area contributed by atoms with Crippen molar-refractivity contribution in [2.75, 3.05) is 36.2 Å². The van der Waals surface area contributed by atoms with E-state index in [1.165, 1.54) is 35.9 Å². The molecule has 0 saturated carbocycles. The molecule has 2 unspecified atom stereocenters. The van der Waals surface area contributed by atoms with Crippen LogP contribution in [-0.2, 0) is 0 Å². The highest BCUT2D eigenvalue weighted by Crippen LogP contribution is 2.42. The molecule has 2 aliphatic heterocycles. The maximum Gasteiger partial charge on any atom is 0.0746 e. The minimum absolute atomic E-state index is 0.197. The maximum atomic E-state index is 9.05. The molecule has 0 amide bonds. The summed E-state index contributed by atoms with van der Waals surface area (Å²) in [4.78, 5) is 2.24. The summed E-state index contributed by atoms with van der Waals surface area (Å²) in [6.45, 7) is 0.395. The average Bonchev–Trinajstić information content (AvgIpc) is 3.18. The topological polar surface area (TPSA) is 40.5 Å². The molecule has 0 spiro atoms. The van der Waals surface area contributed by atoms with Gasteiger partial charge in [-0.3, -0.25) is 0 Å². The van der Waals surface area contributed by atoms with Crippen molar-refractivity contribution in [2.24, 2.45) is 0 Å². The zero-order valence-corrected chi connectivity index (χ0v) is 17.2. The molecular formula is C14H22O2S6.